The number of hydrogen-bond acceptors (Lipinski definition) is 7. The van der Waals surface area contributed by atoms with Crippen LogP contribution in [0.2, 0.25) is 0 Å². The summed E-state index contributed by atoms with van der Waals surface area (Å²) in [6.45, 7) is 0.958. The third kappa shape index (κ3) is 7.01. The summed E-state index contributed by atoms with van der Waals surface area (Å²) in [5, 5.41) is 12.6. The Kier molecular flexibility index (Phi) is 9.69. The number of halogens is 2. The van der Waals surface area contributed by atoms with E-state index in [0.717, 1.165) is 39.5 Å². The van der Waals surface area contributed by atoms with Gasteiger partial charge in [-0.05, 0) is 76.3 Å². The maximum Gasteiger partial charge on any atom is 0.315 e. The quantitative estimate of drug-likeness (QED) is 0.141. The van der Waals surface area contributed by atoms with E-state index in [0.29, 0.717) is 48.3 Å². The summed E-state index contributed by atoms with van der Waals surface area (Å²) in [5.41, 5.74) is 1.82. The Bertz CT molecular complexity index is 1290. The SMILES string of the molecule is O=NC1=Cc2cc(OCCCNC(=O)CCCCC3SCC4NC(=O)NC43)cc(Br)c2OC1c1ccc(Br)cc1. The standard InChI is InChI=1S/C28H30Br2N4O5S/c29-18-8-6-16(7-9-18)27-21(34-37)13-17-12-19(14-20(30)26(17)39-27)38-11-3-10-31-24(35)5-2-1-4-23-25-22(15-40-23)32-28(36)33-25/h6-9,12-14,22-23,25,27H,1-5,10-11,15H2,(H,31,35)(H2,32,33,36). The van der Waals surface area contributed by atoms with E-state index in [1.54, 1.807) is 6.08 Å². The highest BCUT2D eigenvalue weighted by Gasteiger charge is 2.42. The van der Waals surface area contributed by atoms with Crippen LogP contribution in [0.5, 0.6) is 11.5 Å². The van der Waals surface area contributed by atoms with E-state index in [1.807, 2.05) is 48.2 Å². The zero-order valence-electron chi connectivity index (χ0n) is 21.7. The van der Waals surface area contributed by atoms with Crippen molar-refractivity contribution in [2.75, 3.05) is 18.9 Å². The van der Waals surface area contributed by atoms with Crippen LogP contribution >= 0.6 is 43.6 Å². The Morgan fingerprint density at radius 1 is 1.15 bits per heavy atom. The number of carbonyl (C=O) groups is 2. The Hall–Kier alpha value is -2.57. The van der Waals surface area contributed by atoms with Gasteiger partial charge < -0.3 is 25.4 Å². The number of amides is 3. The molecule has 4 atom stereocenters. The molecule has 0 aromatic heterocycles. The summed E-state index contributed by atoms with van der Waals surface area (Å²) in [5.74, 6) is 2.25. The summed E-state index contributed by atoms with van der Waals surface area (Å²) >= 11 is 8.88. The van der Waals surface area contributed by atoms with Crippen molar-refractivity contribution in [2.24, 2.45) is 5.18 Å². The fourth-order valence-electron chi connectivity index (χ4n) is 5.12. The number of nitroso groups, excluding NO2 is 1. The number of hydrogen-bond donors (Lipinski definition) is 3. The zero-order valence-corrected chi connectivity index (χ0v) is 25.6. The van der Waals surface area contributed by atoms with Gasteiger partial charge in [0.2, 0.25) is 5.91 Å². The summed E-state index contributed by atoms with van der Waals surface area (Å²) in [6, 6.07) is 11.6. The second-order valence-corrected chi connectivity index (χ2v) is 13.0. The molecule has 3 aliphatic rings. The molecule has 5 rings (SSSR count). The fraction of sp³-hybridized carbons (Fsp3) is 0.429. The van der Waals surface area contributed by atoms with E-state index in [4.69, 9.17) is 9.47 Å². The smallest absolute Gasteiger partial charge is 0.315 e. The van der Waals surface area contributed by atoms with Gasteiger partial charge in [0.05, 0.1) is 23.2 Å². The van der Waals surface area contributed by atoms with Gasteiger partial charge in [0, 0.05) is 34.0 Å². The highest BCUT2D eigenvalue weighted by atomic mass is 79.9. The van der Waals surface area contributed by atoms with Crippen molar-refractivity contribution in [3.63, 3.8) is 0 Å². The molecule has 2 fully saturated rings. The molecule has 0 radical (unpaired) electrons. The third-order valence-corrected chi connectivity index (χ3v) is 9.75. The molecular weight excluding hydrogens is 664 g/mol. The van der Waals surface area contributed by atoms with E-state index in [2.05, 4.69) is 53.0 Å². The minimum atomic E-state index is -0.592. The highest BCUT2D eigenvalue weighted by molar-refractivity contribution is 9.10. The van der Waals surface area contributed by atoms with Gasteiger partial charge >= 0.3 is 6.03 Å². The molecule has 0 bridgehead atoms. The zero-order chi connectivity index (χ0) is 28.1. The third-order valence-electron chi connectivity index (χ3n) is 7.12. The first-order chi connectivity index (χ1) is 19.4. The van der Waals surface area contributed by atoms with Crippen molar-refractivity contribution >= 4 is 61.6 Å². The molecule has 3 amide bonds. The Morgan fingerprint density at radius 2 is 1.98 bits per heavy atom. The number of unbranched alkanes of at least 4 members (excludes halogenated alkanes) is 1. The van der Waals surface area contributed by atoms with E-state index in [9.17, 15) is 14.5 Å². The first-order valence-corrected chi connectivity index (χ1v) is 15.9. The first kappa shape index (κ1) is 28.9. The minimum Gasteiger partial charge on any atom is -0.493 e. The molecule has 2 aromatic carbocycles. The van der Waals surface area contributed by atoms with Gasteiger partial charge in [-0.25, -0.2) is 4.79 Å². The number of nitrogens with one attached hydrogen (secondary N) is 3. The van der Waals surface area contributed by atoms with Crippen LogP contribution in [0, 0.1) is 4.91 Å². The van der Waals surface area contributed by atoms with Crippen LogP contribution in [0.4, 0.5) is 4.79 Å². The molecular formula is C28H30Br2N4O5S. The molecule has 0 saturated carbocycles. The van der Waals surface area contributed by atoms with Crippen LogP contribution in [-0.2, 0) is 4.79 Å². The average Bonchev–Trinajstić information content (AvgIpc) is 3.50. The first-order valence-electron chi connectivity index (χ1n) is 13.3. The lowest BCUT2D eigenvalue weighted by molar-refractivity contribution is -0.121. The van der Waals surface area contributed by atoms with E-state index in [1.165, 1.54) is 0 Å². The lowest BCUT2D eigenvalue weighted by atomic mass is 10.0. The average molecular weight is 694 g/mol. The van der Waals surface area contributed by atoms with Gasteiger partial charge in [-0.3, -0.25) is 4.79 Å². The van der Waals surface area contributed by atoms with Gasteiger partial charge in [-0.1, -0.05) is 34.5 Å². The van der Waals surface area contributed by atoms with Crippen LogP contribution in [0.1, 0.15) is 49.3 Å². The molecule has 40 heavy (non-hydrogen) atoms. The van der Waals surface area contributed by atoms with Gasteiger partial charge in [0.25, 0.3) is 0 Å². The molecule has 9 nitrogen and oxygen atoms in total. The molecule has 2 aromatic rings. The van der Waals surface area contributed by atoms with E-state index >= 15 is 0 Å². The highest BCUT2D eigenvalue weighted by Crippen LogP contribution is 2.44. The summed E-state index contributed by atoms with van der Waals surface area (Å²) < 4.78 is 13.7. The number of nitrogens with zero attached hydrogens (tertiary/aromatic N) is 1. The number of ether oxygens (including phenoxy) is 2. The lowest BCUT2D eigenvalue weighted by Crippen LogP contribution is -2.36. The van der Waals surface area contributed by atoms with E-state index < -0.39 is 6.10 Å². The number of thioether (sulfide) groups is 1. The van der Waals surface area contributed by atoms with Crippen molar-refractivity contribution < 1.29 is 19.1 Å². The molecule has 3 heterocycles. The van der Waals surface area contributed by atoms with Crippen LogP contribution < -0.4 is 25.4 Å². The molecule has 3 aliphatic heterocycles. The second-order valence-electron chi connectivity index (χ2n) is 9.95. The molecule has 0 aliphatic carbocycles. The minimum absolute atomic E-state index is 0.0424. The summed E-state index contributed by atoms with van der Waals surface area (Å²) in [4.78, 5) is 35.3. The van der Waals surface area contributed by atoms with Gasteiger partial charge in [0.1, 0.15) is 17.2 Å². The van der Waals surface area contributed by atoms with Crippen molar-refractivity contribution in [1.29, 1.82) is 0 Å². The molecule has 212 valence electrons. The van der Waals surface area contributed by atoms with Gasteiger partial charge in [-0.15, -0.1) is 4.91 Å². The monoisotopic (exact) mass is 692 g/mol. The van der Waals surface area contributed by atoms with Crippen LogP contribution in [-0.4, -0.2) is 48.2 Å². The maximum absolute atomic E-state index is 12.2. The van der Waals surface area contributed by atoms with Crippen molar-refractivity contribution in [3.05, 3.63) is 67.1 Å². The van der Waals surface area contributed by atoms with Crippen LogP contribution in [0.3, 0.4) is 0 Å². The Morgan fingerprint density at radius 3 is 2.77 bits per heavy atom. The van der Waals surface area contributed by atoms with Gasteiger partial charge in [0.15, 0.2) is 6.10 Å². The van der Waals surface area contributed by atoms with Crippen LogP contribution in [0.15, 0.2) is 56.2 Å². The van der Waals surface area contributed by atoms with Crippen molar-refractivity contribution in [2.45, 2.75) is 55.5 Å². The largest absolute Gasteiger partial charge is 0.493 e. The topological polar surface area (TPSA) is 118 Å². The molecule has 0 spiro atoms. The molecule has 3 N–H and O–H groups in total. The molecule has 2 saturated heterocycles. The Balaban J connectivity index is 1.02. The van der Waals surface area contributed by atoms with Gasteiger partial charge in [-0.2, -0.15) is 11.8 Å². The lowest BCUT2D eigenvalue weighted by Gasteiger charge is -2.25. The molecule has 12 heteroatoms. The van der Waals surface area contributed by atoms with Crippen LogP contribution in [0.25, 0.3) is 6.08 Å². The normalized spacial score (nSPS) is 22.8. The summed E-state index contributed by atoms with van der Waals surface area (Å²) in [6.07, 6.45) is 5.08. The number of rotatable bonds is 12. The number of urea groups is 1. The number of carbonyl (C=O) groups excluding carboxylic acids is 2. The second kappa shape index (κ2) is 13.4. The molecule has 4 unspecified atom stereocenters. The number of fused-ring (bicyclic) bond motifs is 2. The van der Waals surface area contributed by atoms with Crippen molar-refractivity contribution in [1.82, 2.24) is 16.0 Å². The number of benzene rings is 2. The summed E-state index contributed by atoms with van der Waals surface area (Å²) in [7, 11) is 0. The van der Waals surface area contributed by atoms with E-state index in [-0.39, 0.29) is 29.7 Å². The predicted octanol–water partition coefficient (Wildman–Crippen LogP) is 6.06. The predicted molar refractivity (Wildman–Crippen MR) is 163 cm³/mol. The fourth-order valence-corrected chi connectivity index (χ4v) is 7.48. The maximum atomic E-state index is 12.2. The Labute approximate surface area is 253 Å². The van der Waals surface area contributed by atoms with Crippen molar-refractivity contribution in [3.8, 4) is 11.5 Å².